The maximum Gasteiger partial charge on any atom is 0.259 e. The highest BCUT2D eigenvalue weighted by atomic mass is 32.1. The van der Waals surface area contributed by atoms with Gasteiger partial charge in [0.05, 0.1) is 18.0 Å². The van der Waals surface area contributed by atoms with Gasteiger partial charge in [-0.15, -0.1) is 11.3 Å². The summed E-state index contributed by atoms with van der Waals surface area (Å²) in [4.78, 5) is 51.8. The molecule has 1 fully saturated rings. The lowest BCUT2D eigenvalue weighted by Crippen LogP contribution is -2.40. The van der Waals surface area contributed by atoms with Gasteiger partial charge in [-0.3, -0.25) is 14.4 Å². The third kappa shape index (κ3) is 4.72. The minimum atomic E-state index is -0.125. The molecule has 0 aromatic carbocycles. The van der Waals surface area contributed by atoms with Crippen molar-refractivity contribution in [3.63, 3.8) is 0 Å². The molecular weight excluding hydrogens is 428 g/mol. The van der Waals surface area contributed by atoms with Crippen LogP contribution in [0.3, 0.4) is 0 Å². The number of piperidine rings is 1. The van der Waals surface area contributed by atoms with Gasteiger partial charge in [-0.2, -0.15) is 0 Å². The molecule has 9 heteroatoms. The standard InChI is InChI=1S/C23H26N4O4S/c1-14-21-17(13-32-14)23(30)26-18(25-21)4-3-5-20(28)27-10-8-15(9-11-27)22(29)16-6-7-19(31-2)24-12-16/h6-7,12-13,15H,3-5,8-11H2,1-2H3,(H,25,26,30). The summed E-state index contributed by atoms with van der Waals surface area (Å²) in [6.07, 6.45) is 4.41. The fraction of sp³-hybridized carbons (Fsp3) is 0.435. The van der Waals surface area contributed by atoms with Crippen molar-refractivity contribution in [1.29, 1.82) is 0 Å². The van der Waals surface area contributed by atoms with Gasteiger partial charge in [-0.25, -0.2) is 9.97 Å². The van der Waals surface area contributed by atoms with E-state index in [1.54, 1.807) is 18.3 Å². The predicted octanol–water partition coefficient (Wildman–Crippen LogP) is 3.14. The molecule has 1 N–H and O–H groups in total. The molecule has 0 bridgehead atoms. The number of carbonyl (C=O) groups is 2. The number of Topliss-reactive ketones (excluding diaryl/α,β-unsaturated/α-hetero) is 1. The molecule has 168 valence electrons. The van der Waals surface area contributed by atoms with Crippen molar-refractivity contribution in [3.8, 4) is 5.88 Å². The van der Waals surface area contributed by atoms with Crippen LogP contribution >= 0.6 is 11.3 Å². The van der Waals surface area contributed by atoms with Crippen LogP contribution in [-0.2, 0) is 11.2 Å². The quantitative estimate of drug-likeness (QED) is 0.550. The average molecular weight is 455 g/mol. The van der Waals surface area contributed by atoms with E-state index in [9.17, 15) is 14.4 Å². The Bertz CT molecular complexity index is 1180. The van der Waals surface area contributed by atoms with Crippen LogP contribution in [0.4, 0.5) is 0 Å². The summed E-state index contributed by atoms with van der Waals surface area (Å²) >= 11 is 1.51. The number of ether oxygens (including phenoxy) is 1. The van der Waals surface area contributed by atoms with Crippen molar-refractivity contribution in [2.45, 2.75) is 39.0 Å². The number of ketones is 1. The maximum atomic E-state index is 12.7. The van der Waals surface area contributed by atoms with E-state index in [0.29, 0.717) is 67.8 Å². The number of fused-ring (bicyclic) bond motifs is 1. The largest absolute Gasteiger partial charge is 0.481 e. The van der Waals surface area contributed by atoms with Gasteiger partial charge in [0.1, 0.15) is 5.82 Å². The first-order chi connectivity index (χ1) is 15.5. The van der Waals surface area contributed by atoms with Crippen molar-refractivity contribution in [1.82, 2.24) is 19.9 Å². The van der Waals surface area contributed by atoms with Gasteiger partial charge < -0.3 is 14.6 Å². The number of carbonyl (C=O) groups excluding carboxylic acids is 2. The number of aryl methyl sites for hydroxylation is 2. The van der Waals surface area contributed by atoms with Crippen LogP contribution in [0.2, 0.25) is 0 Å². The van der Waals surface area contributed by atoms with Gasteiger partial charge in [-0.05, 0) is 32.3 Å². The minimum absolute atomic E-state index is 0.0707. The first-order valence-electron chi connectivity index (χ1n) is 10.7. The summed E-state index contributed by atoms with van der Waals surface area (Å²) in [5.41, 5.74) is 1.20. The number of likely N-dealkylation sites (tertiary alicyclic amines) is 1. The van der Waals surface area contributed by atoms with Crippen LogP contribution in [0.15, 0.2) is 28.5 Å². The molecular formula is C23H26N4O4S. The van der Waals surface area contributed by atoms with Gasteiger partial charge in [0.2, 0.25) is 11.8 Å². The van der Waals surface area contributed by atoms with Gasteiger partial charge >= 0.3 is 0 Å². The number of hydrogen-bond acceptors (Lipinski definition) is 7. The third-order valence-electron chi connectivity index (χ3n) is 5.94. The molecule has 0 saturated carbocycles. The van der Waals surface area contributed by atoms with Crippen molar-refractivity contribution in [2.75, 3.05) is 20.2 Å². The second-order valence-electron chi connectivity index (χ2n) is 8.03. The highest BCUT2D eigenvalue weighted by Gasteiger charge is 2.28. The summed E-state index contributed by atoms with van der Waals surface area (Å²) in [5.74, 6) is 1.16. The van der Waals surface area contributed by atoms with Crippen LogP contribution in [0.5, 0.6) is 5.88 Å². The lowest BCUT2D eigenvalue weighted by molar-refractivity contribution is -0.132. The second kappa shape index (κ2) is 9.60. The van der Waals surface area contributed by atoms with E-state index < -0.39 is 0 Å². The number of rotatable bonds is 7. The number of pyridine rings is 1. The number of thiophene rings is 1. The molecule has 1 saturated heterocycles. The number of nitrogens with one attached hydrogen (secondary N) is 1. The summed E-state index contributed by atoms with van der Waals surface area (Å²) in [5, 5.41) is 2.44. The SMILES string of the molecule is COc1ccc(C(=O)C2CCN(C(=O)CCCc3nc4c(C)scc4c(=O)[nH]3)CC2)cn1. The molecule has 0 spiro atoms. The van der Waals surface area contributed by atoms with Gasteiger partial charge in [0.15, 0.2) is 5.78 Å². The van der Waals surface area contributed by atoms with Gasteiger partial charge in [-0.1, -0.05) is 0 Å². The maximum absolute atomic E-state index is 12.7. The van der Waals surface area contributed by atoms with Crippen molar-refractivity contribution < 1.29 is 14.3 Å². The fourth-order valence-electron chi connectivity index (χ4n) is 4.07. The van der Waals surface area contributed by atoms with Crippen LogP contribution in [-0.4, -0.2) is 51.7 Å². The molecule has 32 heavy (non-hydrogen) atoms. The zero-order chi connectivity index (χ0) is 22.7. The Hall–Kier alpha value is -3.07. The highest BCUT2D eigenvalue weighted by molar-refractivity contribution is 7.11. The number of hydrogen-bond donors (Lipinski definition) is 1. The molecule has 0 aliphatic carbocycles. The Balaban J connectivity index is 1.26. The smallest absolute Gasteiger partial charge is 0.259 e. The van der Waals surface area contributed by atoms with E-state index in [-0.39, 0.29) is 23.2 Å². The molecule has 1 aliphatic rings. The molecule has 0 radical (unpaired) electrons. The van der Waals surface area contributed by atoms with Crippen LogP contribution in [0.25, 0.3) is 10.9 Å². The molecule has 0 atom stereocenters. The first kappa shape index (κ1) is 22.1. The zero-order valence-corrected chi connectivity index (χ0v) is 19.0. The Morgan fingerprint density at radius 2 is 2.06 bits per heavy atom. The number of amides is 1. The number of aromatic amines is 1. The number of H-pyrrole nitrogens is 1. The Kier molecular flexibility index (Phi) is 6.64. The summed E-state index contributed by atoms with van der Waals surface area (Å²) in [7, 11) is 1.54. The van der Waals surface area contributed by atoms with Crippen LogP contribution in [0, 0.1) is 12.8 Å². The predicted molar refractivity (Wildman–Crippen MR) is 122 cm³/mol. The number of methoxy groups -OCH3 is 1. The average Bonchev–Trinajstić information content (AvgIpc) is 3.20. The second-order valence-corrected chi connectivity index (χ2v) is 9.11. The minimum Gasteiger partial charge on any atom is -0.481 e. The molecule has 8 nitrogen and oxygen atoms in total. The van der Waals surface area contributed by atoms with Gasteiger partial charge in [0, 0.05) is 59.9 Å². The fourth-order valence-corrected chi connectivity index (χ4v) is 4.85. The third-order valence-corrected chi connectivity index (χ3v) is 6.84. The summed E-state index contributed by atoms with van der Waals surface area (Å²) < 4.78 is 5.03. The Morgan fingerprint density at radius 3 is 2.75 bits per heavy atom. The van der Waals surface area contributed by atoms with E-state index >= 15 is 0 Å². The molecule has 3 aromatic rings. The molecule has 3 aromatic heterocycles. The number of aromatic nitrogens is 3. The lowest BCUT2D eigenvalue weighted by atomic mass is 9.89. The first-order valence-corrected chi connectivity index (χ1v) is 11.6. The van der Waals surface area contributed by atoms with Crippen LogP contribution in [0.1, 0.15) is 46.7 Å². The monoisotopic (exact) mass is 454 g/mol. The van der Waals surface area contributed by atoms with E-state index in [4.69, 9.17) is 4.74 Å². The van der Waals surface area contributed by atoms with E-state index in [0.717, 1.165) is 10.4 Å². The summed E-state index contributed by atoms with van der Waals surface area (Å²) in [6.45, 7) is 3.11. The molecule has 4 rings (SSSR count). The molecule has 0 unspecified atom stereocenters. The van der Waals surface area contributed by atoms with Crippen molar-refractivity contribution in [3.05, 3.63) is 50.3 Å². The Labute approximate surface area is 189 Å². The van der Waals surface area contributed by atoms with Crippen molar-refractivity contribution >= 4 is 33.9 Å². The lowest BCUT2D eigenvalue weighted by Gasteiger charge is -2.31. The zero-order valence-electron chi connectivity index (χ0n) is 18.2. The molecule has 1 aliphatic heterocycles. The molecule has 1 amide bonds. The number of nitrogens with zero attached hydrogens (tertiary/aromatic N) is 3. The molecule has 4 heterocycles. The normalized spacial score (nSPS) is 14.6. The highest BCUT2D eigenvalue weighted by Crippen LogP contribution is 2.23. The summed E-state index contributed by atoms with van der Waals surface area (Å²) in [6, 6.07) is 3.42. The van der Waals surface area contributed by atoms with Crippen LogP contribution < -0.4 is 10.3 Å². The van der Waals surface area contributed by atoms with E-state index in [1.165, 1.54) is 18.4 Å². The van der Waals surface area contributed by atoms with Gasteiger partial charge in [0.25, 0.3) is 5.56 Å². The van der Waals surface area contributed by atoms with Crippen molar-refractivity contribution in [2.24, 2.45) is 5.92 Å². The topological polar surface area (TPSA) is 105 Å². The van der Waals surface area contributed by atoms with E-state index in [1.807, 2.05) is 17.2 Å². The Morgan fingerprint density at radius 1 is 1.28 bits per heavy atom. The van der Waals surface area contributed by atoms with E-state index in [2.05, 4.69) is 15.0 Å².